The Morgan fingerprint density at radius 2 is 1.92 bits per heavy atom. The summed E-state index contributed by atoms with van der Waals surface area (Å²) in [4.78, 5) is 12.0. The van der Waals surface area contributed by atoms with Crippen molar-refractivity contribution in [1.82, 2.24) is 0 Å². The minimum Gasteiger partial charge on any atom is -0.491 e. The standard InChI is InChI=1S/C19H20FNO4/c20-15-5-1-2-6-16(15)23-10-3-7-19(22)21-14-8-9-17-18(13-14)25-12-4-11-24-17/h1-2,5-6,8-9,13H,3-4,7,10-12H2,(H,21,22). The minimum atomic E-state index is -0.404. The molecule has 0 atom stereocenters. The third-order valence-electron chi connectivity index (χ3n) is 3.67. The van der Waals surface area contributed by atoms with Crippen molar-refractivity contribution in [2.45, 2.75) is 19.3 Å². The highest BCUT2D eigenvalue weighted by molar-refractivity contribution is 5.91. The van der Waals surface area contributed by atoms with Gasteiger partial charge in [-0.2, -0.15) is 0 Å². The van der Waals surface area contributed by atoms with Crippen molar-refractivity contribution in [2.75, 3.05) is 25.1 Å². The van der Waals surface area contributed by atoms with E-state index in [0.29, 0.717) is 36.8 Å². The van der Waals surface area contributed by atoms with Gasteiger partial charge in [-0.25, -0.2) is 4.39 Å². The van der Waals surface area contributed by atoms with Crippen LogP contribution >= 0.6 is 0 Å². The molecule has 2 aromatic rings. The first-order chi connectivity index (χ1) is 12.2. The van der Waals surface area contributed by atoms with E-state index in [1.165, 1.54) is 6.07 Å². The van der Waals surface area contributed by atoms with Crippen LogP contribution in [-0.2, 0) is 4.79 Å². The van der Waals surface area contributed by atoms with E-state index in [-0.39, 0.29) is 24.7 Å². The average Bonchev–Trinajstić information content (AvgIpc) is 2.85. The molecule has 3 rings (SSSR count). The van der Waals surface area contributed by atoms with Crippen LogP contribution in [0.1, 0.15) is 19.3 Å². The summed E-state index contributed by atoms with van der Waals surface area (Å²) in [6, 6.07) is 11.5. The molecule has 1 amide bonds. The van der Waals surface area contributed by atoms with Gasteiger partial charge in [0.05, 0.1) is 19.8 Å². The number of para-hydroxylation sites is 1. The normalized spacial score (nSPS) is 13.0. The lowest BCUT2D eigenvalue weighted by Crippen LogP contribution is -2.13. The van der Waals surface area contributed by atoms with Crippen LogP contribution in [-0.4, -0.2) is 25.7 Å². The van der Waals surface area contributed by atoms with Gasteiger partial charge in [-0.3, -0.25) is 4.79 Å². The summed E-state index contributed by atoms with van der Waals surface area (Å²) in [5.74, 6) is 0.989. The first-order valence-electron chi connectivity index (χ1n) is 8.29. The molecular formula is C19H20FNO4. The van der Waals surface area contributed by atoms with E-state index in [2.05, 4.69) is 5.32 Å². The zero-order valence-corrected chi connectivity index (χ0v) is 13.8. The van der Waals surface area contributed by atoms with Crippen molar-refractivity contribution >= 4 is 11.6 Å². The fourth-order valence-electron chi connectivity index (χ4n) is 2.44. The number of benzene rings is 2. The minimum absolute atomic E-state index is 0.133. The van der Waals surface area contributed by atoms with Crippen LogP contribution in [0, 0.1) is 5.82 Å². The van der Waals surface area contributed by atoms with Gasteiger partial charge in [0.2, 0.25) is 5.91 Å². The van der Waals surface area contributed by atoms with Crippen molar-refractivity contribution in [3.63, 3.8) is 0 Å². The second-order valence-corrected chi connectivity index (χ2v) is 5.64. The molecule has 1 heterocycles. The van der Waals surface area contributed by atoms with Crippen LogP contribution in [0.15, 0.2) is 42.5 Å². The quantitative estimate of drug-likeness (QED) is 0.810. The van der Waals surface area contributed by atoms with Gasteiger partial charge in [0.25, 0.3) is 0 Å². The highest BCUT2D eigenvalue weighted by atomic mass is 19.1. The number of carbonyl (C=O) groups excluding carboxylic acids is 1. The number of anilines is 1. The number of amides is 1. The van der Waals surface area contributed by atoms with Gasteiger partial charge >= 0.3 is 0 Å². The number of hydrogen-bond acceptors (Lipinski definition) is 4. The molecule has 0 bridgehead atoms. The van der Waals surface area contributed by atoms with E-state index in [4.69, 9.17) is 14.2 Å². The molecule has 0 fully saturated rings. The van der Waals surface area contributed by atoms with Gasteiger partial charge in [0.1, 0.15) is 0 Å². The first-order valence-corrected chi connectivity index (χ1v) is 8.29. The number of rotatable bonds is 6. The zero-order chi connectivity index (χ0) is 17.5. The highest BCUT2D eigenvalue weighted by Crippen LogP contribution is 2.32. The van der Waals surface area contributed by atoms with Gasteiger partial charge in [-0.05, 0) is 30.7 Å². The molecule has 0 spiro atoms. The molecule has 2 aromatic carbocycles. The Morgan fingerprint density at radius 1 is 1.12 bits per heavy atom. The van der Waals surface area contributed by atoms with E-state index in [0.717, 1.165) is 6.42 Å². The van der Waals surface area contributed by atoms with E-state index < -0.39 is 5.82 Å². The Balaban J connectivity index is 1.45. The van der Waals surface area contributed by atoms with E-state index >= 15 is 0 Å². The van der Waals surface area contributed by atoms with Gasteiger partial charge in [-0.15, -0.1) is 0 Å². The SMILES string of the molecule is O=C(CCCOc1ccccc1F)Nc1ccc2c(c1)OCCCO2. The fourth-order valence-corrected chi connectivity index (χ4v) is 2.44. The third kappa shape index (κ3) is 4.86. The van der Waals surface area contributed by atoms with Crippen molar-refractivity contribution < 1.29 is 23.4 Å². The number of ether oxygens (including phenoxy) is 3. The first kappa shape index (κ1) is 17.1. The molecule has 1 aliphatic heterocycles. The maximum Gasteiger partial charge on any atom is 0.224 e. The Bertz CT molecular complexity index is 735. The molecule has 25 heavy (non-hydrogen) atoms. The zero-order valence-electron chi connectivity index (χ0n) is 13.8. The molecule has 0 saturated carbocycles. The summed E-state index contributed by atoms with van der Waals surface area (Å²) in [6.07, 6.45) is 1.60. The monoisotopic (exact) mass is 345 g/mol. The second kappa shape index (κ2) is 8.37. The number of hydrogen-bond donors (Lipinski definition) is 1. The summed E-state index contributed by atoms with van der Waals surface area (Å²) in [7, 11) is 0. The van der Waals surface area contributed by atoms with Gasteiger partial charge < -0.3 is 19.5 Å². The molecule has 0 aromatic heterocycles. The second-order valence-electron chi connectivity index (χ2n) is 5.64. The van der Waals surface area contributed by atoms with Crippen molar-refractivity contribution in [2.24, 2.45) is 0 Å². The maximum atomic E-state index is 13.4. The molecule has 1 aliphatic rings. The van der Waals surface area contributed by atoms with Crippen molar-refractivity contribution in [3.8, 4) is 17.2 Å². The molecule has 0 saturated heterocycles. The Morgan fingerprint density at radius 3 is 2.76 bits per heavy atom. The Kier molecular flexibility index (Phi) is 5.72. The fraction of sp³-hybridized carbons (Fsp3) is 0.316. The highest BCUT2D eigenvalue weighted by Gasteiger charge is 2.12. The van der Waals surface area contributed by atoms with Gasteiger partial charge in [0.15, 0.2) is 23.1 Å². The van der Waals surface area contributed by atoms with Crippen LogP contribution in [0.2, 0.25) is 0 Å². The molecule has 1 N–H and O–H groups in total. The summed E-state index contributed by atoms with van der Waals surface area (Å²) in [5.41, 5.74) is 0.657. The summed E-state index contributed by atoms with van der Waals surface area (Å²) < 4.78 is 29.9. The largest absolute Gasteiger partial charge is 0.491 e. The smallest absolute Gasteiger partial charge is 0.224 e. The van der Waals surface area contributed by atoms with Crippen LogP contribution in [0.4, 0.5) is 10.1 Å². The Hall–Kier alpha value is -2.76. The van der Waals surface area contributed by atoms with Crippen LogP contribution in [0.5, 0.6) is 17.2 Å². The molecular weight excluding hydrogens is 325 g/mol. The third-order valence-corrected chi connectivity index (χ3v) is 3.67. The molecule has 6 heteroatoms. The summed E-state index contributed by atoms with van der Waals surface area (Å²) in [6.45, 7) is 1.49. The molecule has 5 nitrogen and oxygen atoms in total. The number of nitrogens with one attached hydrogen (secondary N) is 1. The average molecular weight is 345 g/mol. The molecule has 0 unspecified atom stereocenters. The van der Waals surface area contributed by atoms with Crippen LogP contribution in [0.25, 0.3) is 0 Å². The lowest BCUT2D eigenvalue weighted by atomic mass is 10.2. The van der Waals surface area contributed by atoms with Gasteiger partial charge in [-0.1, -0.05) is 12.1 Å². The summed E-state index contributed by atoms with van der Waals surface area (Å²) >= 11 is 0. The van der Waals surface area contributed by atoms with E-state index in [1.807, 2.05) is 0 Å². The number of carbonyl (C=O) groups is 1. The van der Waals surface area contributed by atoms with Crippen LogP contribution in [0.3, 0.4) is 0 Å². The Labute approximate surface area is 145 Å². The van der Waals surface area contributed by atoms with Crippen molar-refractivity contribution in [3.05, 3.63) is 48.3 Å². The topological polar surface area (TPSA) is 56.8 Å². The molecule has 0 radical (unpaired) electrons. The number of halogens is 1. The molecule has 132 valence electrons. The lowest BCUT2D eigenvalue weighted by Gasteiger charge is -2.11. The van der Waals surface area contributed by atoms with E-state index in [9.17, 15) is 9.18 Å². The number of fused-ring (bicyclic) bond motifs is 1. The van der Waals surface area contributed by atoms with Gasteiger partial charge in [0, 0.05) is 24.6 Å². The maximum absolute atomic E-state index is 13.4. The van der Waals surface area contributed by atoms with Crippen LogP contribution < -0.4 is 19.5 Å². The molecule has 0 aliphatic carbocycles. The predicted octanol–water partition coefficient (Wildman–Crippen LogP) is 3.78. The van der Waals surface area contributed by atoms with E-state index in [1.54, 1.807) is 36.4 Å². The van der Waals surface area contributed by atoms with Crippen molar-refractivity contribution in [1.29, 1.82) is 0 Å². The summed E-state index contributed by atoms with van der Waals surface area (Å²) in [5, 5.41) is 2.82. The predicted molar refractivity (Wildman–Crippen MR) is 91.8 cm³/mol. The lowest BCUT2D eigenvalue weighted by molar-refractivity contribution is -0.116.